The molecule has 140 valence electrons. The number of carbonyl (C=O) groups is 1. The first-order valence-electron chi connectivity index (χ1n) is 9.24. The van der Waals surface area contributed by atoms with Crippen LogP contribution in [0.5, 0.6) is 5.75 Å². The maximum absolute atomic E-state index is 12.3. The highest BCUT2D eigenvalue weighted by atomic mass is 16.5. The van der Waals surface area contributed by atoms with Crippen LogP contribution in [0.3, 0.4) is 0 Å². The van der Waals surface area contributed by atoms with Gasteiger partial charge in [0.15, 0.2) is 5.78 Å². The molecule has 1 atom stereocenters. The molecule has 3 rings (SSSR count). The van der Waals surface area contributed by atoms with Gasteiger partial charge < -0.3 is 9.15 Å². The number of benzene rings is 2. The van der Waals surface area contributed by atoms with Gasteiger partial charge in [0.1, 0.15) is 17.9 Å². The Bertz CT molecular complexity index is 999. The van der Waals surface area contributed by atoms with Crippen molar-refractivity contribution in [2.24, 2.45) is 0 Å². The lowest BCUT2D eigenvalue weighted by molar-refractivity contribution is -0.120. The number of ether oxygens (including phenoxy) is 1. The summed E-state index contributed by atoms with van der Waals surface area (Å²) in [5.41, 5.74) is 3.25. The molecule has 27 heavy (non-hydrogen) atoms. The molecule has 4 heteroatoms. The highest BCUT2D eigenvalue weighted by molar-refractivity contribution is 5.83. The molecule has 4 nitrogen and oxygen atoms in total. The second-order valence-electron chi connectivity index (χ2n) is 6.96. The van der Waals surface area contributed by atoms with E-state index in [4.69, 9.17) is 9.15 Å². The van der Waals surface area contributed by atoms with Gasteiger partial charge in [-0.3, -0.25) is 4.79 Å². The molecule has 0 fully saturated rings. The zero-order valence-electron chi connectivity index (χ0n) is 16.0. The Hall–Kier alpha value is -2.88. The van der Waals surface area contributed by atoms with Crippen molar-refractivity contribution >= 4 is 16.8 Å². The van der Waals surface area contributed by atoms with Crippen LogP contribution in [0.25, 0.3) is 11.0 Å². The zero-order valence-corrected chi connectivity index (χ0v) is 16.0. The van der Waals surface area contributed by atoms with E-state index in [1.54, 1.807) is 18.2 Å². The van der Waals surface area contributed by atoms with E-state index in [1.165, 1.54) is 11.6 Å². The first kappa shape index (κ1) is 18.9. The van der Waals surface area contributed by atoms with Gasteiger partial charge in [-0.25, -0.2) is 4.79 Å². The predicted octanol–water partition coefficient (Wildman–Crippen LogP) is 4.81. The van der Waals surface area contributed by atoms with Crippen LogP contribution in [-0.2, 0) is 11.2 Å². The molecular weight excluding hydrogens is 340 g/mol. The molecule has 0 saturated carbocycles. The van der Waals surface area contributed by atoms with Crippen LogP contribution in [0, 0.1) is 6.92 Å². The lowest BCUT2D eigenvalue weighted by atomic mass is 9.97. The van der Waals surface area contributed by atoms with Crippen molar-refractivity contribution in [1.29, 1.82) is 0 Å². The summed E-state index contributed by atoms with van der Waals surface area (Å²) in [4.78, 5) is 23.7. The highest BCUT2D eigenvalue weighted by Crippen LogP contribution is 2.23. The number of carbonyl (C=O) groups excluding carboxylic acids is 1. The fourth-order valence-electron chi connectivity index (χ4n) is 3.03. The summed E-state index contributed by atoms with van der Waals surface area (Å²) in [7, 11) is 0. The largest absolute Gasteiger partial charge is 0.486 e. The molecule has 0 radical (unpaired) electrons. The van der Waals surface area contributed by atoms with Gasteiger partial charge in [-0.1, -0.05) is 38.1 Å². The first-order chi connectivity index (χ1) is 13.0. The average molecular weight is 364 g/mol. The van der Waals surface area contributed by atoms with Crippen LogP contribution >= 0.6 is 0 Å². The van der Waals surface area contributed by atoms with E-state index < -0.39 is 0 Å². The van der Waals surface area contributed by atoms with Crippen molar-refractivity contribution in [3.8, 4) is 5.75 Å². The third-order valence-corrected chi connectivity index (χ3v) is 4.88. The summed E-state index contributed by atoms with van der Waals surface area (Å²) < 4.78 is 10.8. The Kier molecular flexibility index (Phi) is 5.75. The monoisotopic (exact) mass is 364 g/mol. The predicted molar refractivity (Wildman–Crippen MR) is 107 cm³/mol. The van der Waals surface area contributed by atoms with E-state index in [-0.39, 0.29) is 18.0 Å². The van der Waals surface area contributed by atoms with Crippen LogP contribution in [-0.4, -0.2) is 12.4 Å². The molecular formula is C23H24O4. The quantitative estimate of drug-likeness (QED) is 0.565. The topological polar surface area (TPSA) is 56.5 Å². The van der Waals surface area contributed by atoms with Gasteiger partial charge in [0.2, 0.25) is 0 Å². The number of rotatable bonds is 7. The van der Waals surface area contributed by atoms with Crippen molar-refractivity contribution in [3.05, 3.63) is 75.6 Å². The van der Waals surface area contributed by atoms with Gasteiger partial charge in [0.05, 0.1) is 0 Å². The maximum Gasteiger partial charge on any atom is 0.336 e. The summed E-state index contributed by atoms with van der Waals surface area (Å²) >= 11 is 0. The van der Waals surface area contributed by atoms with Crippen molar-refractivity contribution in [2.75, 3.05) is 6.61 Å². The van der Waals surface area contributed by atoms with Gasteiger partial charge in [-0.05, 0) is 54.2 Å². The molecule has 2 aromatic carbocycles. The SMILES string of the molecule is CCC(C)c1ccc(CC(=O)COc2ccc3oc(=O)cc(C)c3c2)cc1. The van der Waals surface area contributed by atoms with E-state index in [0.29, 0.717) is 23.7 Å². The molecule has 0 aliphatic rings. The summed E-state index contributed by atoms with van der Waals surface area (Å²) in [6, 6.07) is 14.9. The summed E-state index contributed by atoms with van der Waals surface area (Å²) in [6.07, 6.45) is 1.45. The van der Waals surface area contributed by atoms with Crippen LogP contribution in [0.2, 0.25) is 0 Å². The molecule has 0 bridgehead atoms. The molecule has 0 aliphatic heterocycles. The highest BCUT2D eigenvalue weighted by Gasteiger charge is 2.09. The minimum Gasteiger partial charge on any atom is -0.486 e. The van der Waals surface area contributed by atoms with Gasteiger partial charge in [0, 0.05) is 17.9 Å². The number of aryl methyl sites for hydroxylation is 1. The van der Waals surface area contributed by atoms with Crippen LogP contribution in [0.1, 0.15) is 42.9 Å². The van der Waals surface area contributed by atoms with Crippen molar-refractivity contribution < 1.29 is 13.9 Å². The lowest BCUT2D eigenvalue weighted by Gasteiger charge is -2.10. The number of hydrogen-bond donors (Lipinski definition) is 0. The second-order valence-corrected chi connectivity index (χ2v) is 6.96. The number of ketones is 1. The molecule has 1 heterocycles. The van der Waals surface area contributed by atoms with E-state index in [9.17, 15) is 9.59 Å². The number of fused-ring (bicyclic) bond motifs is 1. The third kappa shape index (κ3) is 4.64. The summed E-state index contributed by atoms with van der Waals surface area (Å²) in [5, 5.41) is 0.806. The summed E-state index contributed by atoms with van der Waals surface area (Å²) in [6.45, 7) is 6.22. The Labute approximate surface area is 158 Å². The van der Waals surface area contributed by atoms with Gasteiger partial charge in [-0.2, -0.15) is 0 Å². The standard InChI is InChI=1S/C23H24O4/c1-4-15(2)18-7-5-17(6-8-18)12-19(24)14-26-20-9-10-22-21(13-20)16(3)11-23(25)27-22/h5-11,13,15H,4,12,14H2,1-3H3. The maximum atomic E-state index is 12.3. The molecule has 0 aliphatic carbocycles. The lowest BCUT2D eigenvalue weighted by Crippen LogP contribution is -2.14. The fraction of sp³-hybridized carbons (Fsp3) is 0.304. The molecule has 0 saturated heterocycles. The van der Waals surface area contributed by atoms with E-state index in [2.05, 4.69) is 26.0 Å². The Morgan fingerprint density at radius 1 is 1.11 bits per heavy atom. The normalized spacial score (nSPS) is 12.1. The number of hydrogen-bond acceptors (Lipinski definition) is 4. The molecule has 1 unspecified atom stereocenters. The smallest absolute Gasteiger partial charge is 0.336 e. The molecule has 0 spiro atoms. The molecule has 0 N–H and O–H groups in total. The minimum atomic E-state index is -0.372. The molecule has 0 amide bonds. The van der Waals surface area contributed by atoms with Crippen LogP contribution < -0.4 is 10.4 Å². The van der Waals surface area contributed by atoms with Gasteiger partial charge in [0.25, 0.3) is 0 Å². The Morgan fingerprint density at radius 2 is 1.85 bits per heavy atom. The first-order valence-corrected chi connectivity index (χ1v) is 9.24. The van der Waals surface area contributed by atoms with Gasteiger partial charge >= 0.3 is 5.63 Å². The van der Waals surface area contributed by atoms with Crippen molar-refractivity contribution in [3.63, 3.8) is 0 Å². The van der Waals surface area contributed by atoms with E-state index in [1.807, 2.05) is 19.1 Å². The molecule has 1 aromatic heterocycles. The zero-order chi connectivity index (χ0) is 19.4. The van der Waals surface area contributed by atoms with Gasteiger partial charge in [-0.15, -0.1) is 0 Å². The number of Topliss-reactive ketones (excluding diaryl/α,β-unsaturated/α-hetero) is 1. The average Bonchev–Trinajstić information content (AvgIpc) is 2.66. The fourth-order valence-corrected chi connectivity index (χ4v) is 3.03. The third-order valence-electron chi connectivity index (χ3n) is 4.88. The second kappa shape index (κ2) is 8.21. The minimum absolute atomic E-state index is 0.00838. The Morgan fingerprint density at radius 3 is 2.56 bits per heavy atom. The summed E-state index contributed by atoms with van der Waals surface area (Å²) in [5.74, 6) is 1.13. The van der Waals surface area contributed by atoms with E-state index >= 15 is 0 Å². The van der Waals surface area contributed by atoms with Crippen LogP contribution in [0.4, 0.5) is 0 Å². The van der Waals surface area contributed by atoms with Crippen molar-refractivity contribution in [2.45, 2.75) is 39.5 Å². The molecule has 3 aromatic rings. The Balaban J connectivity index is 1.62. The van der Waals surface area contributed by atoms with E-state index in [0.717, 1.165) is 22.9 Å². The van der Waals surface area contributed by atoms with Crippen LogP contribution in [0.15, 0.2) is 57.7 Å². The van der Waals surface area contributed by atoms with Crippen molar-refractivity contribution in [1.82, 2.24) is 0 Å².